The first kappa shape index (κ1) is 17.4. The Labute approximate surface area is 155 Å². The topological polar surface area (TPSA) is 72.8 Å². The smallest absolute Gasteiger partial charge is 0.223 e. The maximum absolute atomic E-state index is 12.9. The van der Waals surface area contributed by atoms with Gasteiger partial charge in [-0.15, -0.1) is 0 Å². The highest BCUT2D eigenvalue weighted by Crippen LogP contribution is 2.39. The maximum atomic E-state index is 12.9. The molecule has 3 unspecified atom stereocenters. The Hall–Kier alpha value is -2.02. The van der Waals surface area contributed by atoms with Crippen LogP contribution in [0.4, 0.5) is 0 Å². The summed E-state index contributed by atoms with van der Waals surface area (Å²) < 4.78 is 18.7. The van der Waals surface area contributed by atoms with Crippen molar-refractivity contribution in [1.29, 1.82) is 0 Å². The molecule has 1 fully saturated rings. The van der Waals surface area contributed by atoms with Crippen LogP contribution < -0.4 is 4.74 Å². The molecule has 5 nitrogen and oxygen atoms in total. The third-order valence-corrected chi connectivity index (χ3v) is 6.34. The number of ether oxygens (including phenoxy) is 1. The molecule has 0 aliphatic carbocycles. The van der Waals surface area contributed by atoms with Gasteiger partial charge < -0.3 is 19.3 Å². The van der Waals surface area contributed by atoms with E-state index in [1.165, 1.54) is 0 Å². The van der Waals surface area contributed by atoms with Gasteiger partial charge in [-0.3, -0.25) is 4.79 Å². The molecule has 26 heavy (non-hydrogen) atoms. The normalized spacial score (nSPS) is 23.9. The molecule has 2 aromatic carbocycles. The number of likely N-dealkylation sites (tertiary alicyclic amines) is 1. The number of nitrogens with zero attached hydrogens (tertiary/aromatic N) is 1. The molecule has 1 N–H and O–H groups in total. The van der Waals surface area contributed by atoms with Crippen molar-refractivity contribution in [2.75, 3.05) is 13.2 Å². The lowest BCUT2D eigenvalue weighted by atomic mass is 9.98. The predicted molar refractivity (Wildman–Crippen MR) is 97.4 cm³/mol. The van der Waals surface area contributed by atoms with Crippen LogP contribution >= 0.6 is 0 Å². The van der Waals surface area contributed by atoms with Crippen LogP contribution in [0.2, 0.25) is 0 Å². The van der Waals surface area contributed by atoms with Crippen molar-refractivity contribution in [3.63, 3.8) is 0 Å². The van der Waals surface area contributed by atoms with E-state index in [0.29, 0.717) is 36.6 Å². The zero-order valence-corrected chi connectivity index (χ0v) is 15.2. The number of rotatable bonds is 3. The van der Waals surface area contributed by atoms with Crippen molar-refractivity contribution < 1.29 is 19.2 Å². The summed E-state index contributed by atoms with van der Waals surface area (Å²) in [5, 5.41) is 10.7. The third kappa shape index (κ3) is 3.20. The fraction of sp³-hybridized carbons (Fsp3) is 0.350. The van der Waals surface area contributed by atoms with Crippen LogP contribution in [-0.2, 0) is 16.0 Å². The van der Waals surface area contributed by atoms with Crippen LogP contribution in [-0.4, -0.2) is 39.7 Å². The summed E-state index contributed by atoms with van der Waals surface area (Å²) in [6.45, 7) is 1.03. The molecule has 0 saturated carbocycles. The van der Waals surface area contributed by atoms with Gasteiger partial charge in [0.25, 0.3) is 0 Å². The molecule has 1 amide bonds. The molecule has 2 aliphatic heterocycles. The van der Waals surface area contributed by atoms with Gasteiger partial charge in [-0.25, -0.2) is 0 Å². The zero-order chi connectivity index (χ0) is 18.1. The quantitative estimate of drug-likeness (QED) is 0.842. The van der Waals surface area contributed by atoms with Crippen LogP contribution in [0.15, 0.2) is 58.3 Å². The summed E-state index contributed by atoms with van der Waals surface area (Å²) in [5.74, 6) is 0.705. The molecule has 1 saturated heterocycles. The Balaban J connectivity index is 1.75. The maximum Gasteiger partial charge on any atom is 0.223 e. The monoisotopic (exact) mass is 371 g/mol. The molecule has 6 heteroatoms. The van der Waals surface area contributed by atoms with Crippen molar-refractivity contribution >= 4 is 17.1 Å². The van der Waals surface area contributed by atoms with E-state index < -0.39 is 23.3 Å². The number of hydrogen-bond acceptors (Lipinski definition) is 4. The van der Waals surface area contributed by atoms with Crippen molar-refractivity contribution in [3.05, 3.63) is 54.1 Å². The second-order valence-corrected chi connectivity index (χ2v) is 8.10. The van der Waals surface area contributed by atoms with E-state index in [9.17, 15) is 14.5 Å². The Morgan fingerprint density at radius 2 is 1.96 bits per heavy atom. The van der Waals surface area contributed by atoms with Gasteiger partial charge in [0.2, 0.25) is 5.91 Å². The summed E-state index contributed by atoms with van der Waals surface area (Å²) >= 11 is -1.33. The average molecular weight is 371 g/mol. The van der Waals surface area contributed by atoms with Crippen molar-refractivity contribution in [3.8, 4) is 5.75 Å². The fourth-order valence-electron chi connectivity index (χ4n) is 3.68. The number of aliphatic hydroxyl groups is 1. The Morgan fingerprint density at radius 3 is 2.69 bits per heavy atom. The number of benzene rings is 2. The van der Waals surface area contributed by atoms with Crippen LogP contribution in [0.3, 0.4) is 0 Å². The molecular weight excluding hydrogens is 350 g/mol. The minimum Gasteiger partial charge on any atom is -0.606 e. The molecule has 0 bridgehead atoms. The third-order valence-electron chi connectivity index (χ3n) is 4.95. The number of carbonyl (C=O) groups excluding carboxylic acids is 1. The number of amides is 1. The standard InChI is InChI=1S/C20H21NO4S/c22-17-10-12-25-18-9-8-15(26(24)14-5-2-1-3-6-14)13-16(18)20(17)21-11-4-7-19(21)23/h1-3,5-6,8-9,13,17,20,22H,4,7,10-12H2. The number of hydrogen-bond donors (Lipinski definition) is 1. The number of carbonyl (C=O) groups is 1. The van der Waals surface area contributed by atoms with Gasteiger partial charge in [-0.1, -0.05) is 18.2 Å². The van der Waals surface area contributed by atoms with Gasteiger partial charge in [0.1, 0.15) is 5.75 Å². The van der Waals surface area contributed by atoms with Crippen LogP contribution in [0.1, 0.15) is 30.9 Å². The van der Waals surface area contributed by atoms with E-state index >= 15 is 0 Å². The molecule has 0 aromatic heterocycles. The van der Waals surface area contributed by atoms with Crippen molar-refractivity contribution in [2.45, 2.75) is 41.2 Å². The van der Waals surface area contributed by atoms with Crippen LogP contribution in [0, 0.1) is 0 Å². The number of fused-ring (bicyclic) bond motifs is 1. The molecule has 136 valence electrons. The van der Waals surface area contributed by atoms with E-state index in [1.54, 1.807) is 17.0 Å². The first-order valence-corrected chi connectivity index (χ1v) is 10.0. The van der Waals surface area contributed by atoms with Gasteiger partial charge in [-0.2, -0.15) is 0 Å². The van der Waals surface area contributed by atoms with Crippen LogP contribution in [0.5, 0.6) is 5.75 Å². The summed E-state index contributed by atoms with van der Waals surface area (Å²) in [6, 6.07) is 14.2. The Kier molecular flexibility index (Phi) is 4.89. The lowest BCUT2D eigenvalue weighted by Gasteiger charge is -2.31. The molecule has 2 aromatic rings. The predicted octanol–water partition coefficient (Wildman–Crippen LogP) is 2.66. The minimum absolute atomic E-state index is 0.0523. The highest BCUT2D eigenvalue weighted by atomic mass is 32.2. The highest BCUT2D eigenvalue weighted by molar-refractivity contribution is 7.91. The molecule has 2 heterocycles. The zero-order valence-electron chi connectivity index (χ0n) is 14.3. The van der Waals surface area contributed by atoms with Gasteiger partial charge in [0, 0.05) is 42.2 Å². The van der Waals surface area contributed by atoms with Gasteiger partial charge in [-0.05, 0) is 30.7 Å². The molecule has 0 spiro atoms. The Bertz CT molecular complexity index is 798. The van der Waals surface area contributed by atoms with E-state index in [4.69, 9.17) is 4.74 Å². The second-order valence-electron chi connectivity index (χ2n) is 6.62. The largest absolute Gasteiger partial charge is 0.606 e. The summed E-state index contributed by atoms with van der Waals surface area (Å²) in [4.78, 5) is 15.4. The van der Waals surface area contributed by atoms with E-state index in [2.05, 4.69) is 0 Å². The average Bonchev–Trinajstić information content (AvgIpc) is 3.01. The van der Waals surface area contributed by atoms with E-state index in [0.717, 1.165) is 16.9 Å². The van der Waals surface area contributed by atoms with Gasteiger partial charge >= 0.3 is 0 Å². The van der Waals surface area contributed by atoms with E-state index in [-0.39, 0.29) is 5.91 Å². The fourth-order valence-corrected chi connectivity index (χ4v) is 4.78. The van der Waals surface area contributed by atoms with Crippen molar-refractivity contribution in [2.24, 2.45) is 0 Å². The number of aliphatic hydroxyl groups excluding tert-OH is 1. The lowest BCUT2D eigenvalue weighted by molar-refractivity contribution is -0.132. The van der Waals surface area contributed by atoms with Crippen LogP contribution in [0.25, 0.3) is 0 Å². The SMILES string of the molecule is O=C1CCCN1C1c2cc([S+]([O-])c3ccccc3)ccc2OCCC1O. The first-order chi connectivity index (χ1) is 12.6. The highest BCUT2D eigenvalue weighted by Gasteiger charge is 2.37. The van der Waals surface area contributed by atoms with Gasteiger partial charge in [0.05, 0.1) is 18.8 Å². The van der Waals surface area contributed by atoms with Crippen molar-refractivity contribution in [1.82, 2.24) is 4.90 Å². The molecule has 4 rings (SSSR count). The molecule has 2 aliphatic rings. The first-order valence-electron chi connectivity index (χ1n) is 8.86. The second kappa shape index (κ2) is 7.31. The molecule has 0 radical (unpaired) electrons. The summed E-state index contributed by atoms with van der Waals surface area (Å²) in [5.41, 5.74) is 0.743. The molecule has 3 atom stereocenters. The Morgan fingerprint density at radius 1 is 1.15 bits per heavy atom. The van der Waals surface area contributed by atoms with Gasteiger partial charge in [0.15, 0.2) is 9.79 Å². The summed E-state index contributed by atoms with van der Waals surface area (Å²) in [7, 11) is 0. The lowest BCUT2D eigenvalue weighted by Crippen LogP contribution is -2.37. The minimum atomic E-state index is -1.33. The summed E-state index contributed by atoms with van der Waals surface area (Å²) in [6.07, 6.45) is 1.07. The molecular formula is C20H21NO4S. The van der Waals surface area contributed by atoms with E-state index in [1.807, 2.05) is 36.4 Å².